The number of rotatable bonds is 5. The molecule has 1 saturated heterocycles. The molecule has 1 fully saturated rings. The molecular weight excluding hydrogens is 331 g/mol. The average Bonchev–Trinajstić information content (AvgIpc) is 2.65. The van der Waals surface area contributed by atoms with Crippen LogP contribution in [0.1, 0.15) is 11.1 Å². The molecule has 5 nitrogen and oxygen atoms in total. The molecule has 1 heterocycles. The van der Waals surface area contributed by atoms with Crippen molar-refractivity contribution in [2.75, 3.05) is 38.5 Å². The lowest BCUT2D eigenvalue weighted by Crippen LogP contribution is -2.43. The van der Waals surface area contributed by atoms with Crippen LogP contribution in [0.3, 0.4) is 0 Å². The van der Waals surface area contributed by atoms with Crippen LogP contribution in [0.2, 0.25) is 0 Å². The molecule has 0 spiro atoms. The Hall–Kier alpha value is -2.44. The fourth-order valence-corrected chi connectivity index (χ4v) is 2.92. The molecule has 138 valence electrons. The number of likely N-dealkylation sites (N-methyl/N-ethyl adjacent to an activating group) is 1. The Balaban J connectivity index is 1.44. The molecule has 3 rings (SSSR count). The Morgan fingerprint density at radius 1 is 0.962 bits per heavy atom. The number of halogens is 1. The summed E-state index contributed by atoms with van der Waals surface area (Å²) in [6.45, 7) is 5.67. The first-order valence-corrected chi connectivity index (χ1v) is 8.87. The summed E-state index contributed by atoms with van der Waals surface area (Å²) in [6.07, 6.45) is 0. The largest absolute Gasteiger partial charge is 0.334 e. The predicted molar refractivity (Wildman–Crippen MR) is 101 cm³/mol. The summed E-state index contributed by atoms with van der Waals surface area (Å²) >= 11 is 0. The van der Waals surface area contributed by atoms with Gasteiger partial charge in [0, 0.05) is 45.0 Å². The molecule has 0 bridgehead atoms. The van der Waals surface area contributed by atoms with Crippen LogP contribution in [0.15, 0.2) is 48.5 Å². The van der Waals surface area contributed by atoms with Gasteiger partial charge in [-0.3, -0.25) is 4.90 Å². The lowest BCUT2D eigenvalue weighted by atomic mass is 10.2. The molecule has 6 heteroatoms. The molecule has 2 amide bonds. The molecule has 0 radical (unpaired) electrons. The lowest BCUT2D eigenvalue weighted by molar-refractivity contribution is 0.148. The van der Waals surface area contributed by atoms with E-state index < -0.39 is 0 Å². The van der Waals surface area contributed by atoms with Crippen LogP contribution in [0.5, 0.6) is 0 Å². The van der Waals surface area contributed by atoms with E-state index in [4.69, 9.17) is 0 Å². The van der Waals surface area contributed by atoms with Gasteiger partial charge in [-0.25, -0.2) is 9.18 Å². The molecule has 0 atom stereocenters. The van der Waals surface area contributed by atoms with E-state index in [9.17, 15) is 9.18 Å². The van der Waals surface area contributed by atoms with Crippen LogP contribution in [-0.4, -0.2) is 49.1 Å². The van der Waals surface area contributed by atoms with Gasteiger partial charge >= 0.3 is 6.03 Å². The number of carbonyl (C=O) groups excluding carboxylic acids is 1. The molecule has 0 aliphatic carbocycles. The highest BCUT2D eigenvalue weighted by atomic mass is 19.1. The van der Waals surface area contributed by atoms with Crippen molar-refractivity contribution in [2.24, 2.45) is 0 Å². The van der Waals surface area contributed by atoms with Gasteiger partial charge in [0.15, 0.2) is 0 Å². The van der Waals surface area contributed by atoms with Crippen LogP contribution in [0.4, 0.5) is 14.9 Å². The average molecular weight is 356 g/mol. The van der Waals surface area contributed by atoms with Gasteiger partial charge in [-0.05, 0) is 42.4 Å². The van der Waals surface area contributed by atoms with Crippen molar-refractivity contribution in [3.8, 4) is 0 Å². The summed E-state index contributed by atoms with van der Waals surface area (Å²) in [5.41, 5.74) is 2.85. The normalized spacial score (nSPS) is 15.6. The molecule has 1 aliphatic rings. The molecule has 0 aromatic heterocycles. The van der Waals surface area contributed by atoms with Gasteiger partial charge < -0.3 is 15.5 Å². The van der Waals surface area contributed by atoms with Crippen LogP contribution < -0.4 is 10.6 Å². The highest BCUT2D eigenvalue weighted by molar-refractivity contribution is 5.89. The van der Waals surface area contributed by atoms with Crippen molar-refractivity contribution in [3.05, 3.63) is 65.5 Å². The van der Waals surface area contributed by atoms with Gasteiger partial charge in [0.1, 0.15) is 5.82 Å². The fourth-order valence-electron chi connectivity index (χ4n) is 2.92. The van der Waals surface area contributed by atoms with Crippen molar-refractivity contribution < 1.29 is 9.18 Å². The summed E-state index contributed by atoms with van der Waals surface area (Å²) in [6, 6.07) is 13.7. The Morgan fingerprint density at radius 2 is 1.58 bits per heavy atom. The van der Waals surface area contributed by atoms with Gasteiger partial charge in [0.2, 0.25) is 0 Å². The van der Waals surface area contributed by atoms with E-state index in [0.29, 0.717) is 6.54 Å². The van der Waals surface area contributed by atoms with Crippen molar-refractivity contribution >= 4 is 11.7 Å². The van der Waals surface area contributed by atoms with Crippen LogP contribution in [-0.2, 0) is 13.1 Å². The molecule has 2 aromatic carbocycles. The lowest BCUT2D eigenvalue weighted by Gasteiger charge is -2.32. The third-order valence-electron chi connectivity index (χ3n) is 4.58. The Kier molecular flexibility index (Phi) is 6.20. The predicted octanol–water partition coefficient (Wildman–Crippen LogP) is 2.89. The zero-order chi connectivity index (χ0) is 18.4. The van der Waals surface area contributed by atoms with E-state index >= 15 is 0 Å². The zero-order valence-corrected chi connectivity index (χ0v) is 15.0. The van der Waals surface area contributed by atoms with Crippen molar-refractivity contribution in [1.82, 2.24) is 15.1 Å². The van der Waals surface area contributed by atoms with E-state index in [1.807, 2.05) is 24.3 Å². The minimum absolute atomic E-state index is 0.277. The Morgan fingerprint density at radius 3 is 2.23 bits per heavy atom. The summed E-state index contributed by atoms with van der Waals surface area (Å²) in [5.74, 6) is -0.283. The van der Waals surface area contributed by atoms with Gasteiger partial charge in [-0.2, -0.15) is 0 Å². The molecule has 2 N–H and O–H groups in total. The van der Waals surface area contributed by atoms with Crippen molar-refractivity contribution in [2.45, 2.75) is 13.1 Å². The standard InChI is InChI=1S/C20H25FN4O/c1-24-10-12-25(13-11-24)15-17-4-8-19(9-5-17)23-20(26)22-14-16-2-6-18(21)7-3-16/h2-9H,10-15H2,1H3,(H2,22,23,26). The number of carbonyl (C=O) groups is 1. The van der Waals surface area contributed by atoms with E-state index in [-0.39, 0.29) is 11.8 Å². The second-order valence-electron chi connectivity index (χ2n) is 6.71. The summed E-state index contributed by atoms with van der Waals surface area (Å²) in [7, 11) is 2.15. The van der Waals surface area contributed by atoms with Crippen LogP contribution >= 0.6 is 0 Å². The minimum atomic E-state index is -0.283. The minimum Gasteiger partial charge on any atom is -0.334 e. The first kappa shape index (κ1) is 18.4. The highest BCUT2D eigenvalue weighted by Gasteiger charge is 2.13. The SMILES string of the molecule is CN1CCN(Cc2ccc(NC(=O)NCc3ccc(F)cc3)cc2)CC1. The number of amides is 2. The van der Waals surface area contributed by atoms with Gasteiger partial charge in [-0.1, -0.05) is 24.3 Å². The van der Waals surface area contributed by atoms with E-state index in [1.165, 1.54) is 17.7 Å². The number of hydrogen-bond donors (Lipinski definition) is 2. The summed E-state index contributed by atoms with van der Waals surface area (Å²) < 4.78 is 12.9. The maximum absolute atomic E-state index is 12.9. The molecule has 0 unspecified atom stereocenters. The smallest absolute Gasteiger partial charge is 0.319 e. The Bertz CT molecular complexity index is 710. The maximum atomic E-state index is 12.9. The van der Waals surface area contributed by atoms with Crippen molar-refractivity contribution in [3.63, 3.8) is 0 Å². The zero-order valence-electron chi connectivity index (χ0n) is 15.0. The van der Waals surface area contributed by atoms with E-state index in [1.54, 1.807) is 12.1 Å². The number of urea groups is 1. The number of benzene rings is 2. The summed E-state index contributed by atoms with van der Waals surface area (Å²) in [5, 5.41) is 5.58. The molecule has 26 heavy (non-hydrogen) atoms. The highest BCUT2D eigenvalue weighted by Crippen LogP contribution is 2.13. The van der Waals surface area contributed by atoms with Crippen molar-refractivity contribution in [1.29, 1.82) is 0 Å². The summed E-state index contributed by atoms with van der Waals surface area (Å²) in [4.78, 5) is 16.8. The number of nitrogens with one attached hydrogen (secondary N) is 2. The second kappa shape index (κ2) is 8.78. The fraction of sp³-hybridized carbons (Fsp3) is 0.350. The van der Waals surface area contributed by atoms with Gasteiger partial charge in [0.05, 0.1) is 0 Å². The second-order valence-corrected chi connectivity index (χ2v) is 6.71. The van der Waals surface area contributed by atoms with E-state index in [2.05, 4.69) is 27.5 Å². The first-order chi connectivity index (χ1) is 12.6. The quantitative estimate of drug-likeness (QED) is 0.866. The third-order valence-corrected chi connectivity index (χ3v) is 4.58. The van der Waals surface area contributed by atoms with Gasteiger partial charge in [-0.15, -0.1) is 0 Å². The number of piperazine rings is 1. The number of hydrogen-bond acceptors (Lipinski definition) is 3. The maximum Gasteiger partial charge on any atom is 0.319 e. The molecule has 2 aromatic rings. The van der Waals surface area contributed by atoms with Crippen LogP contribution in [0.25, 0.3) is 0 Å². The molecular formula is C20H25FN4O. The number of nitrogens with zero attached hydrogens (tertiary/aromatic N) is 2. The molecule has 0 saturated carbocycles. The number of anilines is 1. The van der Waals surface area contributed by atoms with Gasteiger partial charge in [0.25, 0.3) is 0 Å². The van der Waals surface area contributed by atoms with Crippen LogP contribution in [0, 0.1) is 5.82 Å². The monoisotopic (exact) mass is 356 g/mol. The van der Waals surface area contributed by atoms with E-state index in [0.717, 1.165) is 44.0 Å². The molecule has 1 aliphatic heterocycles. The topological polar surface area (TPSA) is 47.6 Å². The Labute approximate surface area is 153 Å². The third kappa shape index (κ3) is 5.54. The first-order valence-electron chi connectivity index (χ1n) is 8.87.